The molecular weight excluding hydrogens is 280 g/mol. The molecule has 3 rings (SSSR count). The lowest BCUT2D eigenvalue weighted by Crippen LogP contribution is -2.55. The highest BCUT2D eigenvalue weighted by Gasteiger charge is 2.33. The van der Waals surface area contributed by atoms with Gasteiger partial charge in [-0.25, -0.2) is 0 Å². The maximum Gasteiger partial charge on any atom is 0.342 e. The number of carbonyl (C=O) groups excluding carboxylic acids is 1. The molecule has 0 bridgehead atoms. The van der Waals surface area contributed by atoms with Crippen LogP contribution in [0.15, 0.2) is 48.5 Å². The van der Waals surface area contributed by atoms with E-state index in [1.165, 1.54) is 0 Å². The first-order chi connectivity index (χ1) is 10.7. The van der Waals surface area contributed by atoms with Gasteiger partial charge in [0.2, 0.25) is 5.71 Å². The molecule has 2 aromatic rings. The van der Waals surface area contributed by atoms with Crippen LogP contribution in [0, 0.1) is 0 Å². The van der Waals surface area contributed by atoms with E-state index in [2.05, 4.69) is 5.43 Å². The number of amides is 1. The number of hydrogen-bond donors (Lipinski definition) is 1. The minimum absolute atomic E-state index is 0.0134. The standard InChI is InChI=1S/C17H16N2O3/c1-21-14-7-3-12(4-8-14)17(19-11-16(20)18-19)13-5-9-15(22-2)10-6-13/h3-10H,11H2,1-2H3/p+1. The zero-order valence-electron chi connectivity index (χ0n) is 12.5. The Morgan fingerprint density at radius 1 is 0.909 bits per heavy atom. The van der Waals surface area contributed by atoms with Crippen molar-refractivity contribution in [2.24, 2.45) is 0 Å². The number of hydrogen-bond acceptors (Lipinski definition) is 3. The number of hydrazine groups is 1. The second-order valence-corrected chi connectivity index (χ2v) is 4.93. The average Bonchev–Trinajstić information content (AvgIpc) is 2.55. The summed E-state index contributed by atoms with van der Waals surface area (Å²) in [7, 11) is 3.28. The molecule has 0 unspecified atom stereocenters. The van der Waals surface area contributed by atoms with Gasteiger partial charge in [-0.1, -0.05) is 4.68 Å². The Morgan fingerprint density at radius 2 is 1.32 bits per heavy atom. The summed E-state index contributed by atoms with van der Waals surface area (Å²) in [5.74, 6) is 1.61. The zero-order chi connectivity index (χ0) is 15.5. The van der Waals surface area contributed by atoms with Crippen molar-refractivity contribution in [1.29, 1.82) is 0 Å². The minimum Gasteiger partial charge on any atom is -0.497 e. The molecule has 1 fully saturated rings. The van der Waals surface area contributed by atoms with Crippen LogP contribution in [0.5, 0.6) is 11.5 Å². The van der Waals surface area contributed by atoms with Gasteiger partial charge >= 0.3 is 5.91 Å². The van der Waals surface area contributed by atoms with Crippen LogP contribution < -0.4 is 14.9 Å². The summed E-state index contributed by atoms with van der Waals surface area (Å²) in [5.41, 5.74) is 5.75. The summed E-state index contributed by atoms with van der Waals surface area (Å²) < 4.78 is 12.2. The van der Waals surface area contributed by atoms with Crippen LogP contribution in [0.1, 0.15) is 11.1 Å². The van der Waals surface area contributed by atoms with Crippen LogP contribution in [0.3, 0.4) is 0 Å². The van der Waals surface area contributed by atoms with Gasteiger partial charge in [0.05, 0.1) is 14.2 Å². The zero-order valence-corrected chi connectivity index (χ0v) is 12.5. The third kappa shape index (κ3) is 2.65. The molecule has 1 heterocycles. The Hall–Kier alpha value is -2.82. The predicted octanol–water partition coefficient (Wildman–Crippen LogP) is 1.60. The summed E-state index contributed by atoms with van der Waals surface area (Å²) in [4.78, 5) is 11.3. The molecule has 5 nitrogen and oxygen atoms in total. The van der Waals surface area contributed by atoms with Crippen molar-refractivity contribution in [2.45, 2.75) is 0 Å². The van der Waals surface area contributed by atoms with Gasteiger partial charge in [0, 0.05) is 11.1 Å². The largest absolute Gasteiger partial charge is 0.497 e. The van der Waals surface area contributed by atoms with Crippen molar-refractivity contribution in [1.82, 2.24) is 5.43 Å². The van der Waals surface area contributed by atoms with Gasteiger partial charge in [-0.15, -0.1) is 5.43 Å². The van der Waals surface area contributed by atoms with Crippen LogP contribution in [0.2, 0.25) is 0 Å². The van der Waals surface area contributed by atoms with E-state index in [0.717, 1.165) is 28.3 Å². The Kier molecular flexibility index (Phi) is 3.78. The highest BCUT2D eigenvalue weighted by Crippen LogP contribution is 2.19. The van der Waals surface area contributed by atoms with Crippen LogP contribution in [0.4, 0.5) is 0 Å². The molecule has 0 saturated carbocycles. The Morgan fingerprint density at radius 3 is 1.64 bits per heavy atom. The number of hydrazone groups is 1. The lowest BCUT2D eigenvalue weighted by atomic mass is 10.0. The molecule has 0 aromatic heterocycles. The van der Waals surface area contributed by atoms with Crippen LogP contribution in [-0.2, 0) is 4.79 Å². The molecule has 1 amide bonds. The topological polar surface area (TPSA) is 50.6 Å². The van der Waals surface area contributed by atoms with Crippen molar-refractivity contribution in [2.75, 3.05) is 20.8 Å². The number of nitrogens with one attached hydrogen (secondary N) is 1. The number of methoxy groups -OCH3 is 2. The maximum absolute atomic E-state index is 11.3. The van der Waals surface area contributed by atoms with E-state index in [0.29, 0.717) is 6.54 Å². The first-order valence-electron chi connectivity index (χ1n) is 6.94. The summed E-state index contributed by atoms with van der Waals surface area (Å²) >= 11 is 0. The lowest BCUT2D eigenvalue weighted by Gasteiger charge is -2.16. The van der Waals surface area contributed by atoms with Gasteiger partial charge in [0.1, 0.15) is 11.5 Å². The first kappa shape index (κ1) is 14.1. The van der Waals surface area contributed by atoms with Gasteiger partial charge < -0.3 is 9.47 Å². The lowest BCUT2D eigenvalue weighted by molar-refractivity contribution is -0.601. The first-order valence-corrected chi connectivity index (χ1v) is 6.94. The maximum atomic E-state index is 11.3. The van der Waals surface area contributed by atoms with E-state index >= 15 is 0 Å². The molecule has 22 heavy (non-hydrogen) atoms. The van der Waals surface area contributed by atoms with Gasteiger partial charge in [-0.2, -0.15) is 0 Å². The van der Waals surface area contributed by atoms with E-state index in [-0.39, 0.29) is 5.91 Å². The molecule has 1 N–H and O–H groups in total. The number of carbonyl (C=O) groups is 1. The fraction of sp³-hybridized carbons (Fsp3) is 0.176. The van der Waals surface area contributed by atoms with Crippen LogP contribution in [0.25, 0.3) is 0 Å². The fourth-order valence-electron chi connectivity index (χ4n) is 2.39. The molecule has 5 heteroatoms. The smallest absolute Gasteiger partial charge is 0.342 e. The van der Waals surface area contributed by atoms with Crippen molar-refractivity contribution in [3.63, 3.8) is 0 Å². The number of rotatable bonds is 4. The summed E-state index contributed by atoms with van der Waals surface area (Å²) in [6.07, 6.45) is 0. The van der Waals surface area contributed by atoms with E-state index < -0.39 is 0 Å². The molecule has 0 atom stereocenters. The molecule has 0 radical (unpaired) electrons. The summed E-state index contributed by atoms with van der Waals surface area (Å²) in [6, 6.07) is 15.5. The highest BCUT2D eigenvalue weighted by molar-refractivity contribution is 6.10. The van der Waals surface area contributed by atoms with Gasteiger partial charge in [-0.3, -0.25) is 4.79 Å². The fourth-order valence-corrected chi connectivity index (χ4v) is 2.39. The quantitative estimate of drug-likeness (QED) is 0.872. The van der Waals surface area contributed by atoms with E-state index in [1.54, 1.807) is 14.2 Å². The molecule has 2 aromatic carbocycles. The van der Waals surface area contributed by atoms with Gasteiger partial charge in [0.25, 0.3) is 6.54 Å². The van der Waals surface area contributed by atoms with E-state index in [4.69, 9.17) is 9.47 Å². The van der Waals surface area contributed by atoms with E-state index in [1.807, 2.05) is 53.2 Å². The average molecular weight is 297 g/mol. The number of ether oxygens (including phenoxy) is 2. The second-order valence-electron chi connectivity index (χ2n) is 4.93. The molecular formula is C17H17N2O3+. The summed E-state index contributed by atoms with van der Waals surface area (Å²) in [5, 5.41) is 0. The normalized spacial score (nSPS) is 13.2. The Balaban J connectivity index is 2.03. The third-order valence-corrected chi connectivity index (χ3v) is 3.56. The monoisotopic (exact) mass is 297 g/mol. The second kappa shape index (κ2) is 5.89. The predicted molar refractivity (Wildman–Crippen MR) is 82.5 cm³/mol. The van der Waals surface area contributed by atoms with Gasteiger partial charge in [0.15, 0.2) is 0 Å². The number of nitrogens with zero attached hydrogens (tertiary/aromatic N) is 1. The van der Waals surface area contributed by atoms with Crippen molar-refractivity contribution < 1.29 is 19.0 Å². The molecule has 1 aliphatic rings. The molecule has 0 spiro atoms. The van der Waals surface area contributed by atoms with E-state index in [9.17, 15) is 4.79 Å². The Labute approximate surface area is 128 Å². The molecule has 0 aliphatic carbocycles. The molecule has 112 valence electrons. The SMILES string of the molecule is COc1ccc(C(c2ccc(OC)cc2)=[N+]2CC(=O)N2)cc1. The van der Waals surface area contributed by atoms with Crippen molar-refractivity contribution >= 4 is 11.6 Å². The highest BCUT2D eigenvalue weighted by atomic mass is 16.5. The molecule has 1 aliphatic heterocycles. The Bertz CT molecular complexity index is 659. The minimum atomic E-state index is 0.0134. The van der Waals surface area contributed by atoms with Crippen molar-refractivity contribution in [3.8, 4) is 11.5 Å². The molecule has 1 saturated heterocycles. The van der Waals surface area contributed by atoms with Gasteiger partial charge in [-0.05, 0) is 48.5 Å². The number of benzene rings is 2. The van der Waals surface area contributed by atoms with Crippen LogP contribution >= 0.6 is 0 Å². The van der Waals surface area contributed by atoms with Crippen molar-refractivity contribution in [3.05, 3.63) is 59.7 Å². The summed E-state index contributed by atoms with van der Waals surface area (Å²) in [6.45, 7) is 0.355. The van der Waals surface area contributed by atoms with Crippen LogP contribution in [-0.4, -0.2) is 37.1 Å². The third-order valence-electron chi connectivity index (χ3n) is 3.56.